The van der Waals surface area contributed by atoms with Crippen molar-refractivity contribution in [2.24, 2.45) is 0 Å². The number of ether oxygens (including phenoxy) is 2. The minimum Gasteiger partial charge on any atom is -0.479 e. The summed E-state index contributed by atoms with van der Waals surface area (Å²) in [5.74, 6) is -1.06. The first-order valence-electron chi connectivity index (χ1n) is 6.44. The summed E-state index contributed by atoms with van der Waals surface area (Å²) in [6, 6.07) is 9.25. The van der Waals surface area contributed by atoms with Gasteiger partial charge in [0.05, 0.1) is 6.54 Å². The lowest BCUT2D eigenvalue weighted by Crippen LogP contribution is -2.48. The van der Waals surface area contributed by atoms with E-state index in [2.05, 4.69) is 5.32 Å². The molecule has 2 rings (SSSR count). The van der Waals surface area contributed by atoms with E-state index in [-0.39, 0.29) is 13.2 Å². The third-order valence-electron chi connectivity index (χ3n) is 3.22. The van der Waals surface area contributed by atoms with Gasteiger partial charge in [-0.2, -0.15) is 0 Å². The molecule has 0 aromatic heterocycles. The van der Waals surface area contributed by atoms with Gasteiger partial charge in [0.25, 0.3) is 0 Å². The van der Waals surface area contributed by atoms with Gasteiger partial charge in [-0.15, -0.1) is 0 Å². The lowest BCUT2D eigenvalue weighted by Gasteiger charge is -2.23. The van der Waals surface area contributed by atoms with Gasteiger partial charge in [-0.25, -0.2) is 9.59 Å². The van der Waals surface area contributed by atoms with Gasteiger partial charge >= 0.3 is 12.1 Å². The highest BCUT2D eigenvalue weighted by atomic mass is 16.6. The normalized spacial score (nSPS) is 21.4. The number of amides is 1. The predicted molar refractivity (Wildman–Crippen MR) is 70.2 cm³/mol. The van der Waals surface area contributed by atoms with Crippen molar-refractivity contribution in [2.75, 3.05) is 13.2 Å². The number of nitrogens with one attached hydrogen (secondary N) is 1. The molecule has 1 atom stereocenters. The highest BCUT2D eigenvalue weighted by Crippen LogP contribution is 2.25. The van der Waals surface area contributed by atoms with E-state index in [0.717, 1.165) is 5.56 Å². The fourth-order valence-electron chi connectivity index (χ4n) is 2.07. The predicted octanol–water partition coefficient (Wildman–Crippen LogP) is 1.55. The van der Waals surface area contributed by atoms with Gasteiger partial charge in [0, 0.05) is 6.61 Å². The van der Waals surface area contributed by atoms with Crippen molar-refractivity contribution in [1.82, 2.24) is 5.32 Å². The largest absolute Gasteiger partial charge is 0.479 e. The van der Waals surface area contributed by atoms with E-state index in [9.17, 15) is 9.59 Å². The van der Waals surface area contributed by atoms with Crippen molar-refractivity contribution < 1.29 is 24.2 Å². The molecule has 108 valence electrons. The highest BCUT2D eigenvalue weighted by molar-refractivity contribution is 5.79. The fourth-order valence-corrected chi connectivity index (χ4v) is 2.07. The summed E-state index contributed by atoms with van der Waals surface area (Å²) >= 11 is 0. The maximum atomic E-state index is 11.6. The third-order valence-corrected chi connectivity index (χ3v) is 3.22. The van der Waals surface area contributed by atoms with E-state index >= 15 is 0 Å². The van der Waals surface area contributed by atoms with Crippen molar-refractivity contribution >= 4 is 12.1 Å². The van der Waals surface area contributed by atoms with E-state index in [1.807, 2.05) is 30.3 Å². The van der Waals surface area contributed by atoms with Crippen LogP contribution in [0.5, 0.6) is 0 Å². The molecule has 0 radical (unpaired) electrons. The summed E-state index contributed by atoms with van der Waals surface area (Å²) in [5, 5.41) is 11.6. The Morgan fingerprint density at radius 1 is 1.35 bits per heavy atom. The number of hydrogen-bond donors (Lipinski definition) is 2. The second kappa shape index (κ2) is 6.38. The number of carbonyl (C=O) groups is 2. The van der Waals surface area contributed by atoms with Gasteiger partial charge in [0.1, 0.15) is 6.61 Å². The molecule has 0 bridgehead atoms. The van der Waals surface area contributed by atoms with Crippen molar-refractivity contribution in [3.8, 4) is 0 Å². The number of aliphatic carboxylic acids is 1. The molecule has 1 fully saturated rings. The summed E-state index contributed by atoms with van der Waals surface area (Å²) < 4.78 is 10.3. The minimum absolute atomic E-state index is 0.0873. The van der Waals surface area contributed by atoms with E-state index in [1.54, 1.807) is 0 Å². The molecule has 0 saturated carbocycles. The Hall–Kier alpha value is -2.08. The van der Waals surface area contributed by atoms with Crippen molar-refractivity contribution in [3.63, 3.8) is 0 Å². The Morgan fingerprint density at radius 2 is 2.10 bits per heavy atom. The van der Waals surface area contributed by atoms with E-state index in [0.29, 0.717) is 19.4 Å². The standard InChI is InChI=1S/C14H17NO5/c16-12(17)14(7-4-8-20-14)10-15-13(18)19-9-11-5-2-1-3-6-11/h1-3,5-6H,4,7-10H2,(H,15,18)(H,16,17). The molecule has 1 aliphatic heterocycles. The monoisotopic (exact) mass is 279 g/mol. The van der Waals surface area contributed by atoms with Crippen LogP contribution in [0.3, 0.4) is 0 Å². The highest BCUT2D eigenvalue weighted by Gasteiger charge is 2.43. The molecule has 1 aromatic rings. The zero-order chi connectivity index (χ0) is 14.4. The second-order valence-corrected chi connectivity index (χ2v) is 4.67. The average molecular weight is 279 g/mol. The van der Waals surface area contributed by atoms with Crippen LogP contribution in [0.25, 0.3) is 0 Å². The van der Waals surface area contributed by atoms with Crippen LogP contribution in [-0.2, 0) is 20.9 Å². The van der Waals surface area contributed by atoms with Crippen LogP contribution in [0.15, 0.2) is 30.3 Å². The Morgan fingerprint density at radius 3 is 2.70 bits per heavy atom. The Kier molecular flexibility index (Phi) is 4.57. The van der Waals surface area contributed by atoms with Crippen LogP contribution in [0.2, 0.25) is 0 Å². The molecular weight excluding hydrogens is 262 g/mol. The van der Waals surface area contributed by atoms with Crippen LogP contribution in [0.1, 0.15) is 18.4 Å². The zero-order valence-corrected chi connectivity index (χ0v) is 11.0. The van der Waals surface area contributed by atoms with E-state index in [1.165, 1.54) is 0 Å². The maximum absolute atomic E-state index is 11.6. The van der Waals surface area contributed by atoms with Gasteiger partial charge < -0.3 is 19.9 Å². The molecule has 2 N–H and O–H groups in total. The van der Waals surface area contributed by atoms with Crippen LogP contribution >= 0.6 is 0 Å². The van der Waals surface area contributed by atoms with E-state index in [4.69, 9.17) is 14.6 Å². The van der Waals surface area contributed by atoms with Crippen LogP contribution in [0, 0.1) is 0 Å². The molecule has 6 nitrogen and oxygen atoms in total. The number of rotatable bonds is 5. The van der Waals surface area contributed by atoms with E-state index < -0.39 is 17.7 Å². The first-order chi connectivity index (χ1) is 9.62. The molecule has 1 aliphatic rings. The number of carbonyl (C=O) groups excluding carboxylic acids is 1. The number of benzene rings is 1. The van der Waals surface area contributed by atoms with Gasteiger partial charge in [0.2, 0.25) is 0 Å². The molecule has 6 heteroatoms. The first-order valence-corrected chi connectivity index (χ1v) is 6.44. The van der Waals surface area contributed by atoms with Gasteiger partial charge in [0.15, 0.2) is 5.60 Å². The molecule has 0 spiro atoms. The summed E-state index contributed by atoms with van der Waals surface area (Å²) in [6.45, 7) is 0.455. The number of carboxylic acids is 1. The molecule has 1 unspecified atom stereocenters. The molecule has 0 aliphatic carbocycles. The smallest absolute Gasteiger partial charge is 0.407 e. The zero-order valence-electron chi connectivity index (χ0n) is 11.0. The minimum atomic E-state index is -1.31. The molecule has 1 amide bonds. The second-order valence-electron chi connectivity index (χ2n) is 4.67. The van der Waals surface area contributed by atoms with Crippen LogP contribution in [-0.4, -0.2) is 35.9 Å². The Bertz CT molecular complexity index is 468. The Labute approximate surface area is 116 Å². The quantitative estimate of drug-likeness (QED) is 0.854. The maximum Gasteiger partial charge on any atom is 0.407 e. The number of carboxylic acid groups (broad SMARTS) is 1. The van der Waals surface area contributed by atoms with Gasteiger partial charge in [-0.3, -0.25) is 0 Å². The van der Waals surface area contributed by atoms with Crippen molar-refractivity contribution in [3.05, 3.63) is 35.9 Å². The van der Waals surface area contributed by atoms with Crippen LogP contribution < -0.4 is 5.32 Å². The summed E-state index contributed by atoms with van der Waals surface area (Å²) in [4.78, 5) is 22.8. The van der Waals surface area contributed by atoms with Gasteiger partial charge in [-0.1, -0.05) is 30.3 Å². The third kappa shape index (κ3) is 3.48. The summed E-state index contributed by atoms with van der Waals surface area (Å²) in [6.07, 6.45) is 0.416. The summed E-state index contributed by atoms with van der Waals surface area (Å²) in [5.41, 5.74) is -0.445. The summed E-state index contributed by atoms with van der Waals surface area (Å²) in [7, 11) is 0. The lowest BCUT2D eigenvalue weighted by atomic mass is 10.0. The SMILES string of the molecule is O=C(NCC1(C(=O)O)CCCO1)OCc1ccccc1. The molecule has 1 heterocycles. The first kappa shape index (κ1) is 14.3. The van der Waals surface area contributed by atoms with Crippen LogP contribution in [0.4, 0.5) is 4.79 Å². The van der Waals surface area contributed by atoms with Gasteiger partial charge in [-0.05, 0) is 18.4 Å². The fraction of sp³-hybridized carbons (Fsp3) is 0.429. The van der Waals surface area contributed by atoms with Crippen molar-refractivity contribution in [2.45, 2.75) is 25.0 Å². The topological polar surface area (TPSA) is 84.9 Å². The molecular formula is C14H17NO5. The average Bonchev–Trinajstić information content (AvgIpc) is 2.94. The molecule has 1 aromatic carbocycles. The molecule has 1 saturated heterocycles. The van der Waals surface area contributed by atoms with Crippen molar-refractivity contribution in [1.29, 1.82) is 0 Å². The molecule has 20 heavy (non-hydrogen) atoms. The Balaban J connectivity index is 1.78. The number of hydrogen-bond acceptors (Lipinski definition) is 4. The number of alkyl carbamates (subject to hydrolysis) is 1. The lowest BCUT2D eigenvalue weighted by molar-refractivity contribution is -0.159.